The van der Waals surface area contributed by atoms with Crippen LogP contribution in [0.1, 0.15) is 58.1 Å². The minimum absolute atomic E-state index is 0.0312. The molecule has 0 amide bonds. The van der Waals surface area contributed by atoms with Crippen LogP contribution in [0.25, 0.3) is 0 Å². The third-order valence-corrected chi connectivity index (χ3v) is 4.71. The van der Waals surface area contributed by atoms with Crippen molar-refractivity contribution in [3.63, 3.8) is 0 Å². The second-order valence-electron chi connectivity index (χ2n) is 7.32. The maximum absolute atomic E-state index is 11.9. The Hall–Kier alpha value is -1.43. The van der Waals surface area contributed by atoms with Gasteiger partial charge in [-0.1, -0.05) is 20.8 Å². The Morgan fingerprint density at radius 3 is 2.29 bits per heavy atom. The van der Waals surface area contributed by atoms with Crippen molar-refractivity contribution in [3.8, 4) is 0 Å². The number of aromatic nitrogens is 3. The number of nitrogens with one attached hydrogen (secondary N) is 1. The van der Waals surface area contributed by atoms with E-state index in [0.717, 1.165) is 37.8 Å². The average Bonchev–Trinajstić information content (AvgIpc) is 3.18. The fourth-order valence-corrected chi connectivity index (χ4v) is 3.73. The molecule has 1 aromatic heterocycles. The number of aromatic amines is 1. The summed E-state index contributed by atoms with van der Waals surface area (Å²) >= 11 is 0. The largest absolute Gasteiger partial charge is 0.461 e. The van der Waals surface area contributed by atoms with Gasteiger partial charge in [0.2, 0.25) is 0 Å². The van der Waals surface area contributed by atoms with E-state index in [1.165, 1.54) is 12.8 Å². The summed E-state index contributed by atoms with van der Waals surface area (Å²) in [7, 11) is 0. The van der Waals surface area contributed by atoms with Crippen molar-refractivity contribution >= 4 is 5.97 Å². The maximum Gasteiger partial charge on any atom is 0.313 e. The molecule has 1 aromatic rings. The minimum Gasteiger partial charge on any atom is -0.461 e. The summed E-state index contributed by atoms with van der Waals surface area (Å²) in [5.41, 5.74) is 0. The Morgan fingerprint density at radius 2 is 1.83 bits per heavy atom. The molecule has 2 aliphatic rings. The standard InChI is InChI=1S/C14H23N3O2.C4H8O/c1-8-5-9(2)14(10(3)6-8)19-13(18)7-12-15-11(4)16-17-12;1-2-4-5-3-1/h8-10,14H,5-7H2,1-4H3,(H,15,16,17);1-4H2. The number of hydrogen-bond donors (Lipinski definition) is 1. The van der Waals surface area contributed by atoms with Crippen molar-refractivity contribution in [2.75, 3.05) is 13.2 Å². The molecule has 1 N–H and O–H groups in total. The second-order valence-corrected chi connectivity index (χ2v) is 7.32. The lowest BCUT2D eigenvalue weighted by molar-refractivity contribution is -0.157. The molecule has 2 unspecified atom stereocenters. The van der Waals surface area contributed by atoms with E-state index in [-0.39, 0.29) is 18.5 Å². The van der Waals surface area contributed by atoms with Crippen molar-refractivity contribution in [1.29, 1.82) is 0 Å². The van der Waals surface area contributed by atoms with Crippen LogP contribution < -0.4 is 0 Å². The van der Waals surface area contributed by atoms with Crippen LogP contribution in [0.5, 0.6) is 0 Å². The van der Waals surface area contributed by atoms with Crippen LogP contribution in [0.4, 0.5) is 0 Å². The van der Waals surface area contributed by atoms with Crippen molar-refractivity contribution in [2.45, 2.75) is 65.9 Å². The van der Waals surface area contributed by atoms with Crippen molar-refractivity contribution in [3.05, 3.63) is 11.6 Å². The van der Waals surface area contributed by atoms with Crippen LogP contribution in [-0.2, 0) is 20.7 Å². The summed E-state index contributed by atoms with van der Waals surface area (Å²) in [5, 5.41) is 6.69. The molecule has 2 atom stereocenters. The van der Waals surface area contributed by atoms with Gasteiger partial charge in [-0.3, -0.25) is 9.89 Å². The number of hydrogen-bond acceptors (Lipinski definition) is 5. The number of ether oxygens (including phenoxy) is 2. The minimum atomic E-state index is -0.225. The Balaban J connectivity index is 0.000000355. The highest BCUT2D eigenvalue weighted by Gasteiger charge is 2.34. The molecule has 1 aliphatic carbocycles. The fourth-order valence-electron chi connectivity index (χ4n) is 3.73. The Morgan fingerprint density at radius 1 is 1.21 bits per heavy atom. The smallest absolute Gasteiger partial charge is 0.313 e. The summed E-state index contributed by atoms with van der Waals surface area (Å²) in [4.78, 5) is 16.1. The molecular formula is C18H31N3O3. The van der Waals surface area contributed by atoms with Crippen LogP contribution in [0, 0.1) is 24.7 Å². The highest BCUT2D eigenvalue weighted by atomic mass is 16.5. The van der Waals surface area contributed by atoms with E-state index in [9.17, 15) is 4.79 Å². The summed E-state index contributed by atoms with van der Waals surface area (Å²) in [6, 6.07) is 0. The molecule has 0 radical (unpaired) electrons. The number of aryl methyl sites for hydroxylation is 1. The summed E-state index contributed by atoms with van der Waals surface area (Å²) in [6.45, 7) is 10.4. The van der Waals surface area contributed by atoms with Crippen molar-refractivity contribution in [1.82, 2.24) is 15.2 Å². The molecule has 0 aromatic carbocycles. The first kappa shape index (κ1) is 18.9. The van der Waals surface area contributed by atoms with Crippen LogP contribution in [0.15, 0.2) is 0 Å². The molecule has 1 saturated heterocycles. The first-order chi connectivity index (χ1) is 11.5. The molecule has 6 heteroatoms. The predicted octanol–water partition coefficient (Wildman–Crippen LogP) is 3.07. The van der Waals surface area contributed by atoms with Gasteiger partial charge >= 0.3 is 5.97 Å². The van der Waals surface area contributed by atoms with E-state index in [0.29, 0.717) is 17.7 Å². The van der Waals surface area contributed by atoms with Gasteiger partial charge in [0.15, 0.2) is 5.82 Å². The lowest BCUT2D eigenvalue weighted by Crippen LogP contribution is -2.37. The lowest BCUT2D eigenvalue weighted by Gasteiger charge is -2.37. The van der Waals surface area contributed by atoms with Gasteiger partial charge in [-0.25, -0.2) is 4.98 Å². The molecule has 3 rings (SSSR count). The highest BCUT2D eigenvalue weighted by molar-refractivity contribution is 5.71. The van der Waals surface area contributed by atoms with Gasteiger partial charge in [0.1, 0.15) is 18.3 Å². The zero-order valence-corrected chi connectivity index (χ0v) is 15.4. The van der Waals surface area contributed by atoms with E-state index < -0.39 is 0 Å². The molecule has 2 fully saturated rings. The van der Waals surface area contributed by atoms with E-state index in [2.05, 4.69) is 36.0 Å². The Labute approximate surface area is 144 Å². The number of rotatable bonds is 3. The van der Waals surface area contributed by atoms with Gasteiger partial charge in [-0.15, -0.1) is 0 Å². The average molecular weight is 337 g/mol. The Kier molecular flexibility index (Phi) is 7.21. The van der Waals surface area contributed by atoms with Crippen LogP contribution in [-0.4, -0.2) is 40.5 Å². The van der Waals surface area contributed by atoms with Gasteiger partial charge in [-0.2, -0.15) is 5.10 Å². The van der Waals surface area contributed by atoms with Gasteiger partial charge in [0.05, 0.1) is 0 Å². The molecule has 6 nitrogen and oxygen atoms in total. The monoisotopic (exact) mass is 337 g/mol. The zero-order chi connectivity index (χ0) is 17.5. The zero-order valence-electron chi connectivity index (χ0n) is 15.4. The van der Waals surface area contributed by atoms with Gasteiger partial charge in [-0.05, 0) is 50.4 Å². The second kappa shape index (κ2) is 9.16. The fraction of sp³-hybridized carbons (Fsp3) is 0.833. The molecule has 2 heterocycles. The number of nitrogens with zero attached hydrogens (tertiary/aromatic N) is 2. The van der Waals surface area contributed by atoms with Gasteiger partial charge in [0, 0.05) is 13.2 Å². The topological polar surface area (TPSA) is 77.1 Å². The molecule has 24 heavy (non-hydrogen) atoms. The highest BCUT2D eigenvalue weighted by Crippen LogP contribution is 2.35. The number of carbonyl (C=O) groups excluding carboxylic acids is 1. The molecule has 0 bridgehead atoms. The Bertz CT molecular complexity index is 494. The van der Waals surface area contributed by atoms with Crippen LogP contribution >= 0.6 is 0 Å². The molecule has 1 saturated carbocycles. The van der Waals surface area contributed by atoms with E-state index in [4.69, 9.17) is 9.47 Å². The number of carbonyl (C=O) groups is 1. The number of H-pyrrole nitrogens is 1. The maximum atomic E-state index is 11.9. The summed E-state index contributed by atoms with van der Waals surface area (Å²) < 4.78 is 10.6. The van der Waals surface area contributed by atoms with Gasteiger partial charge < -0.3 is 9.47 Å². The van der Waals surface area contributed by atoms with E-state index >= 15 is 0 Å². The van der Waals surface area contributed by atoms with Crippen LogP contribution in [0.2, 0.25) is 0 Å². The first-order valence-corrected chi connectivity index (χ1v) is 9.10. The van der Waals surface area contributed by atoms with Crippen molar-refractivity contribution < 1.29 is 14.3 Å². The molecular weight excluding hydrogens is 306 g/mol. The SMILES string of the molecule is C1CCOC1.Cc1nc(CC(=O)OC2C(C)CC(C)CC2C)n[nH]1. The lowest BCUT2D eigenvalue weighted by atomic mass is 9.75. The van der Waals surface area contributed by atoms with Gasteiger partial charge in [0.25, 0.3) is 0 Å². The summed E-state index contributed by atoms with van der Waals surface area (Å²) in [6.07, 6.45) is 4.99. The molecule has 136 valence electrons. The van der Waals surface area contributed by atoms with Crippen LogP contribution in [0.3, 0.4) is 0 Å². The third-order valence-electron chi connectivity index (χ3n) is 4.71. The van der Waals surface area contributed by atoms with Crippen molar-refractivity contribution in [2.24, 2.45) is 17.8 Å². The third kappa shape index (κ3) is 5.89. The molecule has 1 aliphatic heterocycles. The first-order valence-electron chi connectivity index (χ1n) is 9.10. The van der Waals surface area contributed by atoms with E-state index in [1.807, 2.05) is 6.92 Å². The summed E-state index contributed by atoms with van der Waals surface area (Å²) in [5.74, 6) is 2.57. The van der Waals surface area contributed by atoms with E-state index in [1.54, 1.807) is 0 Å². The number of esters is 1. The normalized spacial score (nSPS) is 29.7. The predicted molar refractivity (Wildman–Crippen MR) is 91.5 cm³/mol. The quantitative estimate of drug-likeness (QED) is 0.858. The molecule has 0 spiro atoms.